The number of nitrogens with zero attached hydrogens (tertiary/aromatic N) is 4. The predicted octanol–water partition coefficient (Wildman–Crippen LogP) is 3.22. The highest BCUT2D eigenvalue weighted by molar-refractivity contribution is 6.34. The Hall–Kier alpha value is -2.74. The minimum Gasteiger partial charge on any atom is -0.389 e. The van der Waals surface area contributed by atoms with E-state index in [0.717, 1.165) is 37.2 Å². The first-order chi connectivity index (χ1) is 16.0. The molecule has 1 spiro atoms. The third-order valence-electron chi connectivity index (χ3n) is 7.32. The Morgan fingerprint density at radius 1 is 1.18 bits per heavy atom. The zero-order valence-corrected chi connectivity index (χ0v) is 19.0. The van der Waals surface area contributed by atoms with Crippen LogP contribution in [0.25, 0.3) is 11.4 Å². The average molecular weight is 464 g/mol. The summed E-state index contributed by atoms with van der Waals surface area (Å²) in [7, 11) is 0. The van der Waals surface area contributed by atoms with Gasteiger partial charge >= 0.3 is 0 Å². The Balaban J connectivity index is 1.19. The molecule has 2 aromatic carbocycles. The highest BCUT2D eigenvalue weighted by Gasteiger charge is 2.45. The number of aliphatic hydroxyl groups is 1. The lowest BCUT2D eigenvalue weighted by molar-refractivity contribution is -0.0138. The maximum absolute atomic E-state index is 13.3. The maximum Gasteiger partial charge on any atom is 0.255 e. The number of halogens is 1. The van der Waals surface area contributed by atoms with Crippen LogP contribution in [-0.2, 0) is 13.0 Å². The quantitative estimate of drug-likeness (QED) is 0.623. The fourth-order valence-electron chi connectivity index (χ4n) is 5.19. The molecule has 6 rings (SSSR count). The van der Waals surface area contributed by atoms with Crippen molar-refractivity contribution in [2.75, 3.05) is 13.1 Å². The summed E-state index contributed by atoms with van der Waals surface area (Å²) in [5.74, 6) is 0.623. The van der Waals surface area contributed by atoms with Gasteiger partial charge in [-0.1, -0.05) is 41.9 Å². The summed E-state index contributed by atoms with van der Waals surface area (Å²) in [6, 6.07) is 14.2. The fourth-order valence-corrected chi connectivity index (χ4v) is 5.45. The first kappa shape index (κ1) is 20.8. The lowest BCUT2D eigenvalue weighted by Gasteiger charge is -2.48. The molecule has 1 amide bonds. The molecule has 170 valence electrons. The first-order valence-corrected chi connectivity index (χ1v) is 11.9. The van der Waals surface area contributed by atoms with Crippen molar-refractivity contribution < 1.29 is 9.90 Å². The van der Waals surface area contributed by atoms with E-state index in [1.54, 1.807) is 23.4 Å². The van der Waals surface area contributed by atoms with Crippen LogP contribution >= 0.6 is 11.6 Å². The zero-order valence-electron chi connectivity index (χ0n) is 18.2. The third kappa shape index (κ3) is 3.64. The average Bonchev–Trinajstić information content (AvgIpc) is 3.56. The van der Waals surface area contributed by atoms with Crippen LogP contribution in [0.4, 0.5) is 0 Å². The standard InChI is InChI=1S/C25H26ClN5O2/c26-21-11-16(23-27-15-29-31(23)19-6-7-19)5-8-20(21)24(33)30-10-9-25(22(32)14-30)12-17-3-1-2-4-18(17)13-28-25/h1-5,8,11,15,19,22,28,32H,6-7,9-10,12-14H2/t22-,25+/m1/s1. The van der Waals surface area contributed by atoms with Gasteiger partial charge in [0, 0.05) is 25.2 Å². The van der Waals surface area contributed by atoms with E-state index in [4.69, 9.17) is 11.6 Å². The van der Waals surface area contributed by atoms with E-state index in [9.17, 15) is 9.90 Å². The Kier molecular flexibility index (Phi) is 5.01. The summed E-state index contributed by atoms with van der Waals surface area (Å²) in [4.78, 5) is 19.4. The van der Waals surface area contributed by atoms with Gasteiger partial charge in [0.15, 0.2) is 5.82 Å². The second kappa shape index (κ2) is 7.94. The van der Waals surface area contributed by atoms with Gasteiger partial charge in [-0.2, -0.15) is 5.10 Å². The van der Waals surface area contributed by atoms with Crippen LogP contribution in [0.1, 0.15) is 46.8 Å². The summed E-state index contributed by atoms with van der Waals surface area (Å²) >= 11 is 6.56. The number of aliphatic hydroxyl groups excluding tert-OH is 1. The van der Waals surface area contributed by atoms with E-state index < -0.39 is 11.6 Å². The Bertz CT molecular complexity index is 1220. The molecule has 1 aliphatic carbocycles. The number of fused-ring (bicyclic) bond motifs is 1. The van der Waals surface area contributed by atoms with Crippen molar-refractivity contribution in [2.24, 2.45) is 0 Å². The normalized spacial score (nSPS) is 24.7. The summed E-state index contributed by atoms with van der Waals surface area (Å²) in [6.45, 7) is 1.58. The molecule has 3 aromatic rings. The van der Waals surface area contributed by atoms with Crippen LogP contribution in [-0.4, -0.2) is 55.4 Å². The second-order valence-electron chi connectivity index (χ2n) is 9.43. The molecular weight excluding hydrogens is 438 g/mol. The minimum absolute atomic E-state index is 0.152. The number of benzene rings is 2. The van der Waals surface area contributed by atoms with E-state index in [2.05, 4.69) is 27.5 Å². The number of carbonyl (C=O) groups excluding carboxylic acids is 1. The molecule has 7 nitrogen and oxygen atoms in total. The number of piperidine rings is 1. The molecule has 1 saturated carbocycles. The molecule has 2 fully saturated rings. The van der Waals surface area contributed by atoms with Crippen molar-refractivity contribution in [3.8, 4) is 11.4 Å². The van der Waals surface area contributed by atoms with Gasteiger partial charge < -0.3 is 15.3 Å². The van der Waals surface area contributed by atoms with Gasteiger partial charge in [-0.05, 0) is 48.9 Å². The molecule has 2 N–H and O–H groups in total. The topological polar surface area (TPSA) is 83.3 Å². The van der Waals surface area contributed by atoms with Gasteiger partial charge in [-0.15, -0.1) is 0 Å². The number of aromatic nitrogens is 3. The van der Waals surface area contributed by atoms with Gasteiger partial charge in [0.25, 0.3) is 5.91 Å². The number of amides is 1. The first-order valence-electron chi connectivity index (χ1n) is 11.5. The Morgan fingerprint density at radius 3 is 2.76 bits per heavy atom. The predicted molar refractivity (Wildman–Crippen MR) is 125 cm³/mol. The highest BCUT2D eigenvalue weighted by atomic mass is 35.5. The number of rotatable bonds is 3. The number of nitrogens with one attached hydrogen (secondary N) is 1. The lowest BCUT2D eigenvalue weighted by atomic mass is 9.76. The van der Waals surface area contributed by atoms with Crippen molar-refractivity contribution in [1.82, 2.24) is 25.0 Å². The fraction of sp³-hybridized carbons (Fsp3) is 0.400. The molecule has 0 radical (unpaired) electrons. The highest BCUT2D eigenvalue weighted by Crippen LogP contribution is 2.38. The van der Waals surface area contributed by atoms with Crippen molar-refractivity contribution in [1.29, 1.82) is 0 Å². The summed E-state index contributed by atoms with van der Waals surface area (Å²) in [6.07, 6.45) is 4.58. The molecule has 2 atom stereocenters. The molecule has 8 heteroatoms. The van der Waals surface area contributed by atoms with Gasteiger partial charge in [0.1, 0.15) is 6.33 Å². The number of likely N-dealkylation sites (tertiary alicyclic amines) is 1. The van der Waals surface area contributed by atoms with Crippen molar-refractivity contribution in [3.63, 3.8) is 0 Å². The minimum atomic E-state index is -0.654. The van der Waals surface area contributed by atoms with Gasteiger partial charge in [0.2, 0.25) is 0 Å². The van der Waals surface area contributed by atoms with Crippen LogP contribution in [0.5, 0.6) is 0 Å². The Morgan fingerprint density at radius 2 is 2.00 bits per heavy atom. The number of hydrogen-bond acceptors (Lipinski definition) is 5. The monoisotopic (exact) mass is 463 g/mol. The molecule has 2 aliphatic heterocycles. The van der Waals surface area contributed by atoms with E-state index in [1.165, 1.54) is 11.1 Å². The number of β-amino-alcohol motifs (C(OH)–C–C–N with tert-alkyl or cyclic N) is 1. The Labute approximate surface area is 197 Å². The van der Waals surface area contributed by atoms with E-state index in [1.807, 2.05) is 22.9 Å². The molecule has 3 aliphatic rings. The summed E-state index contributed by atoms with van der Waals surface area (Å²) in [5.41, 5.74) is 3.45. The van der Waals surface area contributed by atoms with E-state index in [0.29, 0.717) is 29.6 Å². The molecule has 33 heavy (non-hydrogen) atoms. The van der Waals surface area contributed by atoms with Crippen LogP contribution in [0.2, 0.25) is 5.02 Å². The van der Waals surface area contributed by atoms with Crippen molar-refractivity contribution in [2.45, 2.75) is 49.9 Å². The number of hydrogen-bond donors (Lipinski definition) is 2. The van der Waals surface area contributed by atoms with E-state index in [-0.39, 0.29) is 12.5 Å². The molecule has 1 aromatic heterocycles. The zero-order chi connectivity index (χ0) is 22.6. The molecule has 3 heterocycles. The van der Waals surface area contributed by atoms with Crippen LogP contribution < -0.4 is 5.32 Å². The van der Waals surface area contributed by atoms with Gasteiger partial charge in [-0.25, -0.2) is 9.67 Å². The smallest absolute Gasteiger partial charge is 0.255 e. The summed E-state index contributed by atoms with van der Waals surface area (Å²) < 4.78 is 1.93. The third-order valence-corrected chi connectivity index (χ3v) is 7.64. The summed E-state index contributed by atoms with van der Waals surface area (Å²) in [5, 5.41) is 19.4. The molecule has 0 bridgehead atoms. The molecule has 1 saturated heterocycles. The van der Waals surface area contributed by atoms with Crippen LogP contribution in [0.15, 0.2) is 48.8 Å². The number of carbonyl (C=O) groups is 1. The second-order valence-corrected chi connectivity index (χ2v) is 9.83. The van der Waals surface area contributed by atoms with Crippen LogP contribution in [0, 0.1) is 0 Å². The lowest BCUT2D eigenvalue weighted by Crippen LogP contribution is -2.65. The van der Waals surface area contributed by atoms with Crippen LogP contribution in [0.3, 0.4) is 0 Å². The maximum atomic E-state index is 13.3. The SMILES string of the molecule is O=C(c1ccc(-c2ncnn2C2CC2)cc1Cl)N1CC[C@]2(Cc3ccccc3CN2)[C@H](O)C1. The van der Waals surface area contributed by atoms with Crippen molar-refractivity contribution >= 4 is 17.5 Å². The van der Waals surface area contributed by atoms with Gasteiger partial charge in [0.05, 0.1) is 28.3 Å². The molecule has 0 unspecified atom stereocenters. The van der Waals surface area contributed by atoms with E-state index >= 15 is 0 Å². The largest absolute Gasteiger partial charge is 0.389 e. The van der Waals surface area contributed by atoms with Gasteiger partial charge in [-0.3, -0.25) is 4.79 Å². The molecular formula is C25H26ClN5O2. The van der Waals surface area contributed by atoms with Crippen molar-refractivity contribution in [3.05, 3.63) is 70.5 Å².